The van der Waals surface area contributed by atoms with Gasteiger partial charge in [0.2, 0.25) is 0 Å². The second kappa shape index (κ2) is 13.7. The highest BCUT2D eigenvalue weighted by atomic mass is 16.7. The van der Waals surface area contributed by atoms with E-state index in [1.807, 2.05) is 46.7 Å². The lowest BCUT2D eigenvalue weighted by molar-refractivity contribution is -0.295. The molecule has 1 N–H and O–H groups in total. The number of likely N-dealkylation sites (N-methyl/N-ethyl adjacent to an activating group) is 1. The Labute approximate surface area is 261 Å². The van der Waals surface area contributed by atoms with E-state index < -0.39 is 60.2 Å². The van der Waals surface area contributed by atoms with Gasteiger partial charge in [0, 0.05) is 37.2 Å². The molecule has 1 amide bonds. The number of Topliss-reactive ketones (excluding diaryl/α,β-unsaturated/α-hetero) is 1. The first-order valence-electron chi connectivity index (χ1n) is 16.1. The third-order valence-corrected chi connectivity index (χ3v) is 10.3. The summed E-state index contributed by atoms with van der Waals surface area (Å²) in [5.74, 6) is -3.33. The smallest absolute Gasteiger partial charge is 0.410 e. The largest absolute Gasteiger partial charge is 0.458 e. The molecule has 0 aromatic rings. The summed E-state index contributed by atoms with van der Waals surface area (Å²) < 4.78 is 30.7. The van der Waals surface area contributed by atoms with E-state index in [2.05, 4.69) is 6.92 Å². The Hall–Kier alpha value is -2.12. The molecule has 2 bridgehead atoms. The van der Waals surface area contributed by atoms with Crippen molar-refractivity contribution in [3.8, 4) is 0 Å². The molecule has 0 saturated carbocycles. The third-order valence-electron chi connectivity index (χ3n) is 10.3. The molecule has 13 atom stereocenters. The Kier molecular flexibility index (Phi) is 10.8. The third kappa shape index (κ3) is 6.56. The van der Waals surface area contributed by atoms with Crippen LogP contribution in [0.5, 0.6) is 0 Å². The molecule has 4 rings (SSSR count). The van der Waals surface area contributed by atoms with Crippen molar-refractivity contribution in [2.45, 2.75) is 122 Å². The Balaban J connectivity index is 1.78. The molecule has 0 aromatic heterocycles. The van der Waals surface area contributed by atoms with Crippen LogP contribution in [-0.2, 0) is 33.3 Å². The highest BCUT2D eigenvalue weighted by Crippen LogP contribution is 2.40. The number of esters is 1. The number of rotatable bonds is 5. The predicted octanol–water partition coefficient (Wildman–Crippen LogP) is 2.69. The fraction of sp³-hybridized carbons (Fsp3) is 0.875. The number of carbonyl (C=O) groups excluding carboxylic acids is 3. The minimum atomic E-state index is -1.12. The molecule has 0 aromatic carbocycles. The Morgan fingerprint density at radius 2 is 1.77 bits per heavy atom. The average molecular weight is 624 g/mol. The van der Waals surface area contributed by atoms with E-state index in [4.69, 9.17) is 28.7 Å². The normalized spacial score (nSPS) is 44.0. The quantitative estimate of drug-likeness (QED) is 0.360. The van der Waals surface area contributed by atoms with Crippen LogP contribution in [0.3, 0.4) is 0 Å². The van der Waals surface area contributed by atoms with Gasteiger partial charge in [0.05, 0.1) is 30.4 Å². The van der Waals surface area contributed by atoms with Crippen molar-refractivity contribution in [2.24, 2.45) is 28.7 Å². The predicted molar refractivity (Wildman–Crippen MR) is 162 cm³/mol. The number of cyclic esters (lactones) is 1. The van der Waals surface area contributed by atoms with Gasteiger partial charge in [-0.15, -0.1) is 0 Å². The number of methoxy groups -OCH3 is 1. The summed E-state index contributed by atoms with van der Waals surface area (Å²) in [6.07, 6.45) is -3.48. The number of fused-ring (bicyclic) bond motifs is 1. The number of carbonyl (C=O) groups is 3. The summed E-state index contributed by atoms with van der Waals surface area (Å²) in [5, 5.41) is 11.3. The van der Waals surface area contributed by atoms with Gasteiger partial charge in [-0.3, -0.25) is 19.5 Å². The van der Waals surface area contributed by atoms with Crippen LogP contribution in [0.2, 0.25) is 0 Å². The van der Waals surface area contributed by atoms with Gasteiger partial charge in [0.15, 0.2) is 18.2 Å². The van der Waals surface area contributed by atoms with Gasteiger partial charge >= 0.3 is 12.1 Å². The molecule has 4 heterocycles. The van der Waals surface area contributed by atoms with Gasteiger partial charge < -0.3 is 33.7 Å². The van der Waals surface area contributed by atoms with Crippen LogP contribution in [0.4, 0.5) is 4.79 Å². The lowest BCUT2D eigenvalue weighted by atomic mass is 9.75. The molecule has 4 aliphatic heterocycles. The lowest BCUT2D eigenvalue weighted by Crippen LogP contribution is -2.59. The molecule has 12 heteroatoms. The minimum absolute atomic E-state index is 0.131. The highest BCUT2D eigenvalue weighted by molar-refractivity contribution is 6.00. The van der Waals surface area contributed by atoms with Crippen LogP contribution in [-0.4, -0.2) is 127 Å². The maximum absolute atomic E-state index is 14.0. The molecule has 250 valence electrons. The number of nitrogens with zero attached hydrogens (tertiary/aromatic N) is 3. The van der Waals surface area contributed by atoms with Crippen molar-refractivity contribution >= 4 is 23.6 Å². The molecule has 44 heavy (non-hydrogen) atoms. The highest BCUT2D eigenvalue weighted by Gasteiger charge is 2.54. The molecule has 0 aliphatic carbocycles. The van der Waals surface area contributed by atoms with Gasteiger partial charge in [0.25, 0.3) is 0 Å². The first-order chi connectivity index (χ1) is 20.6. The molecule has 0 spiro atoms. The first kappa shape index (κ1) is 34.7. The minimum Gasteiger partial charge on any atom is -0.458 e. The number of ketones is 1. The van der Waals surface area contributed by atoms with Crippen LogP contribution in [0, 0.1) is 23.7 Å². The van der Waals surface area contributed by atoms with Crippen LogP contribution >= 0.6 is 0 Å². The summed E-state index contributed by atoms with van der Waals surface area (Å²) in [4.78, 5) is 49.1. The van der Waals surface area contributed by atoms with Gasteiger partial charge in [-0.1, -0.05) is 27.7 Å². The van der Waals surface area contributed by atoms with Crippen molar-refractivity contribution in [1.82, 2.24) is 9.80 Å². The summed E-state index contributed by atoms with van der Waals surface area (Å²) in [6, 6.07) is -0.595. The maximum atomic E-state index is 14.0. The number of hydrogen-bond donors (Lipinski definition) is 1. The van der Waals surface area contributed by atoms with Crippen LogP contribution < -0.4 is 0 Å². The summed E-state index contributed by atoms with van der Waals surface area (Å²) in [6.45, 7) is 13.9. The van der Waals surface area contributed by atoms with Gasteiger partial charge in [-0.25, -0.2) is 4.79 Å². The van der Waals surface area contributed by atoms with Crippen molar-refractivity contribution in [3.63, 3.8) is 0 Å². The van der Waals surface area contributed by atoms with Crippen molar-refractivity contribution in [2.75, 3.05) is 34.3 Å². The van der Waals surface area contributed by atoms with Crippen LogP contribution in [0.25, 0.3) is 0 Å². The molecule has 3 saturated heterocycles. The summed E-state index contributed by atoms with van der Waals surface area (Å²) >= 11 is 0. The van der Waals surface area contributed by atoms with Crippen molar-refractivity contribution < 1.29 is 43.2 Å². The molecular weight excluding hydrogens is 570 g/mol. The molecule has 0 radical (unpaired) electrons. The topological polar surface area (TPSA) is 136 Å². The molecule has 3 fully saturated rings. The molecule has 0 unspecified atom stereocenters. The fourth-order valence-electron chi connectivity index (χ4n) is 7.77. The molecule has 4 aliphatic rings. The molecular formula is C32H53N3O9. The van der Waals surface area contributed by atoms with E-state index in [9.17, 15) is 19.5 Å². The molecule has 12 nitrogen and oxygen atoms in total. The SMILES string of the molecule is CC[C@H]1OC(=O)[C@H](C)C(=O)[C@H](C)[C@@H](O[C@@H]2O[C@H](C)C[C@H](N(C)C)[C@H]2O)[C@](C)(OC)C[C@@H](C)C2=NCCN3C(=O)O[C@H]1[C@H]3[C@H]2C. The zero-order chi connectivity index (χ0) is 32.7. The van der Waals surface area contributed by atoms with E-state index in [-0.39, 0.29) is 35.8 Å². The van der Waals surface area contributed by atoms with E-state index in [1.165, 1.54) is 6.92 Å². The number of hydrogen-bond acceptors (Lipinski definition) is 11. The van der Waals surface area contributed by atoms with Crippen LogP contribution in [0.15, 0.2) is 4.99 Å². The zero-order valence-corrected chi connectivity index (χ0v) is 28.0. The zero-order valence-electron chi connectivity index (χ0n) is 28.0. The lowest BCUT2D eigenvalue weighted by Gasteiger charge is -2.47. The second-order valence-electron chi connectivity index (χ2n) is 13.7. The first-order valence-corrected chi connectivity index (χ1v) is 16.1. The van der Waals surface area contributed by atoms with E-state index in [1.54, 1.807) is 18.9 Å². The number of amides is 1. The van der Waals surface area contributed by atoms with E-state index in [0.29, 0.717) is 32.4 Å². The second-order valence-corrected chi connectivity index (χ2v) is 13.7. The Morgan fingerprint density at radius 3 is 2.39 bits per heavy atom. The average Bonchev–Trinajstić information content (AvgIpc) is 3.19. The number of aliphatic hydroxyl groups is 1. The van der Waals surface area contributed by atoms with Crippen molar-refractivity contribution in [1.29, 1.82) is 0 Å². The number of aliphatic hydroxyl groups excluding tert-OH is 1. The van der Waals surface area contributed by atoms with Gasteiger partial charge in [-0.2, -0.15) is 0 Å². The van der Waals surface area contributed by atoms with Crippen molar-refractivity contribution in [3.05, 3.63) is 0 Å². The summed E-state index contributed by atoms with van der Waals surface area (Å²) in [7, 11) is 5.38. The standard InChI is InChI=1S/C32H53N3O9/c1-11-22-27-24-18(4)23(33-12-13-35(24)31(39)43-27)16(2)15-32(7,40-10)28(19(5)25(36)20(6)29(38)42-22)44-30-26(37)21(34(8)9)14-17(3)41-30/h16-22,24,26-28,30,37H,11-15H2,1-10H3/t16-,17-,18+,19+,20-,21+,22-,24-,26-,27-,28-,30+,32-/m1/s1. The van der Waals surface area contributed by atoms with E-state index >= 15 is 0 Å². The Morgan fingerprint density at radius 1 is 1.09 bits per heavy atom. The number of ether oxygens (including phenoxy) is 5. The number of aliphatic imine (C=N–C) groups is 1. The monoisotopic (exact) mass is 623 g/mol. The Bertz CT molecular complexity index is 1100. The van der Waals surface area contributed by atoms with Crippen LogP contribution in [0.1, 0.15) is 67.7 Å². The maximum Gasteiger partial charge on any atom is 0.410 e. The summed E-state index contributed by atoms with van der Waals surface area (Å²) in [5.41, 5.74) is -0.148. The van der Waals surface area contributed by atoms with Gasteiger partial charge in [-0.05, 0) is 60.0 Å². The fourth-order valence-corrected chi connectivity index (χ4v) is 7.77. The van der Waals surface area contributed by atoms with E-state index in [0.717, 1.165) is 5.71 Å². The van der Waals surface area contributed by atoms with Gasteiger partial charge in [0.1, 0.15) is 18.1 Å².